The lowest BCUT2D eigenvalue weighted by Crippen LogP contribution is -2.32. The van der Waals surface area contributed by atoms with Crippen LogP contribution in [0.3, 0.4) is 0 Å². The monoisotopic (exact) mass is 440 g/mol. The SMILES string of the molecule is C=C(C)C(=O)OCCN(CCOC(C)C)c1ccc(/N=N/c2ccc([N+](=O)[O-])cc2)cc1. The highest BCUT2D eigenvalue weighted by Gasteiger charge is 2.10. The molecule has 0 radical (unpaired) electrons. The van der Waals surface area contributed by atoms with Gasteiger partial charge in [-0.1, -0.05) is 6.58 Å². The maximum absolute atomic E-state index is 11.6. The Morgan fingerprint density at radius 1 is 1.03 bits per heavy atom. The summed E-state index contributed by atoms with van der Waals surface area (Å²) in [7, 11) is 0. The molecule has 0 aromatic heterocycles. The molecule has 0 aliphatic carbocycles. The molecule has 2 rings (SSSR count). The summed E-state index contributed by atoms with van der Waals surface area (Å²) in [5.41, 5.74) is 2.45. The number of rotatable bonds is 12. The molecule has 0 saturated carbocycles. The van der Waals surface area contributed by atoms with Crippen molar-refractivity contribution < 1.29 is 19.2 Å². The molecule has 0 unspecified atom stereocenters. The van der Waals surface area contributed by atoms with Crippen LogP contribution in [-0.4, -0.2) is 43.3 Å². The zero-order valence-electron chi connectivity index (χ0n) is 18.6. The van der Waals surface area contributed by atoms with Crippen LogP contribution in [0.2, 0.25) is 0 Å². The third-order valence-electron chi connectivity index (χ3n) is 4.31. The van der Waals surface area contributed by atoms with E-state index in [2.05, 4.69) is 21.7 Å². The van der Waals surface area contributed by atoms with Gasteiger partial charge in [-0.2, -0.15) is 10.2 Å². The first-order valence-electron chi connectivity index (χ1n) is 10.2. The third-order valence-corrected chi connectivity index (χ3v) is 4.31. The van der Waals surface area contributed by atoms with Crippen molar-refractivity contribution in [3.63, 3.8) is 0 Å². The van der Waals surface area contributed by atoms with E-state index in [0.29, 0.717) is 36.6 Å². The van der Waals surface area contributed by atoms with Gasteiger partial charge < -0.3 is 14.4 Å². The molecule has 0 saturated heterocycles. The lowest BCUT2D eigenvalue weighted by Gasteiger charge is -2.25. The Kier molecular flexibility index (Phi) is 9.49. The molecule has 2 aromatic carbocycles. The van der Waals surface area contributed by atoms with Gasteiger partial charge in [0.2, 0.25) is 0 Å². The van der Waals surface area contributed by atoms with Gasteiger partial charge in [0.25, 0.3) is 5.69 Å². The number of nitrogens with zero attached hydrogens (tertiary/aromatic N) is 4. The fraction of sp³-hybridized carbons (Fsp3) is 0.348. The van der Waals surface area contributed by atoms with Crippen LogP contribution in [0.1, 0.15) is 20.8 Å². The molecule has 9 nitrogen and oxygen atoms in total. The van der Waals surface area contributed by atoms with Gasteiger partial charge in [-0.15, -0.1) is 0 Å². The summed E-state index contributed by atoms with van der Waals surface area (Å²) >= 11 is 0. The van der Waals surface area contributed by atoms with Gasteiger partial charge in [0.05, 0.1) is 35.6 Å². The maximum atomic E-state index is 11.6. The molecule has 2 aromatic rings. The van der Waals surface area contributed by atoms with Crippen LogP contribution in [-0.2, 0) is 14.3 Å². The van der Waals surface area contributed by atoms with Crippen molar-refractivity contribution in [2.24, 2.45) is 10.2 Å². The number of carbonyl (C=O) groups is 1. The first kappa shape index (κ1) is 24.7. The molecule has 170 valence electrons. The minimum Gasteiger partial charge on any atom is -0.460 e. The van der Waals surface area contributed by atoms with Crippen LogP contribution >= 0.6 is 0 Å². The Morgan fingerprint density at radius 3 is 2.06 bits per heavy atom. The Balaban J connectivity index is 2.03. The number of carbonyl (C=O) groups excluding carboxylic acids is 1. The number of non-ortho nitro benzene ring substituents is 1. The lowest BCUT2D eigenvalue weighted by molar-refractivity contribution is -0.384. The predicted octanol–water partition coefficient (Wildman–Crippen LogP) is 5.36. The Hall–Kier alpha value is -3.59. The highest BCUT2D eigenvalue weighted by molar-refractivity contribution is 5.86. The summed E-state index contributed by atoms with van der Waals surface area (Å²) in [6.45, 7) is 11.0. The highest BCUT2D eigenvalue weighted by Crippen LogP contribution is 2.23. The van der Waals surface area contributed by atoms with Gasteiger partial charge in [0.1, 0.15) is 6.61 Å². The van der Waals surface area contributed by atoms with Crippen molar-refractivity contribution in [3.8, 4) is 0 Å². The fourth-order valence-corrected chi connectivity index (χ4v) is 2.63. The number of azo groups is 1. The summed E-state index contributed by atoms with van der Waals surface area (Å²) in [5.74, 6) is -0.412. The molecular formula is C23H28N4O5. The quantitative estimate of drug-likeness (QED) is 0.145. The van der Waals surface area contributed by atoms with Crippen LogP contribution in [0.25, 0.3) is 0 Å². The number of anilines is 1. The van der Waals surface area contributed by atoms with E-state index in [0.717, 1.165) is 5.69 Å². The summed E-state index contributed by atoms with van der Waals surface area (Å²) < 4.78 is 10.9. The smallest absolute Gasteiger partial charge is 0.333 e. The summed E-state index contributed by atoms with van der Waals surface area (Å²) in [5, 5.41) is 19.0. The van der Waals surface area contributed by atoms with E-state index in [9.17, 15) is 14.9 Å². The second-order valence-electron chi connectivity index (χ2n) is 7.31. The van der Waals surface area contributed by atoms with Crippen LogP contribution in [0.5, 0.6) is 0 Å². The normalized spacial score (nSPS) is 11.0. The van der Waals surface area contributed by atoms with E-state index in [1.54, 1.807) is 19.1 Å². The largest absolute Gasteiger partial charge is 0.460 e. The number of hydrogen-bond donors (Lipinski definition) is 0. The Labute approximate surface area is 187 Å². The van der Waals surface area contributed by atoms with Crippen molar-refractivity contribution in [2.75, 3.05) is 31.2 Å². The predicted molar refractivity (Wildman–Crippen MR) is 123 cm³/mol. The van der Waals surface area contributed by atoms with E-state index in [4.69, 9.17) is 9.47 Å². The zero-order chi connectivity index (χ0) is 23.5. The second kappa shape index (κ2) is 12.3. The van der Waals surface area contributed by atoms with Crippen molar-refractivity contribution in [1.29, 1.82) is 0 Å². The van der Waals surface area contributed by atoms with Crippen molar-refractivity contribution in [2.45, 2.75) is 26.9 Å². The molecule has 0 N–H and O–H groups in total. The van der Waals surface area contributed by atoms with E-state index >= 15 is 0 Å². The van der Waals surface area contributed by atoms with E-state index in [1.807, 2.05) is 38.1 Å². The molecule has 0 fully saturated rings. The van der Waals surface area contributed by atoms with Gasteiger partial charge in [0.15, 0.2) is 0 Å². The molecule has 0 spiro atoms. The van der Waals surface area contributed by atoms with Gasteiger partial charge in [-0.3, -0.25) is 10.1 Å². The molecule has 0 aliphatic rings. The minimum absolute atomic E-state index is 0.00349. The van der Waals surface area contributed by atoms with Crippen LogP contribution < -0.4 is 4.90 Å². The van der Waals surface area contributed by atoms with Crippen molar-refractivity contribution >= 4 is 28.7 Å². The zero-order valence-corrected chi connectivity index (χ0v) is 18.6. The van der Waals surface area contributed by atoms with E-state index < -0.39 is 10.9 Å². The van der Waals surface area contributed by atoms with E-state index in [-0.39, 0.29) is 18.4 Å². The average Bonchev–Trinajstić information content (AvgIpc) is 2.77. The molecule has 32 heavy (non-hydrogen) atoms. The van der Waals surface area contributed by atoms with Gasteiger partial charge in [-0.25, -0.2) is 4.79 Å². The number of nitro groups is 1. The molecular weight excluding hydrogens is 412 g/mol. The summed E-state index contributed by atoms with van der Waals surface area (Å²) in [6.07, 6.45) is 0.125. The third kappa shape index (κ3) is 8.27. The number of benzene rings is 2. The van der Waals surface area contributed by atoms with E-state index in [1.165, 1.54) is 12.1 Å². The highest BCUT2D eigenvalue weighted by atomic mass is 16.6. The molecule has 0 amide bonds. The lowest BCUT2D eigenvalue weighted by atomic mass is 10.2. The minimum atomic E-state index is -0.461. The molecule has 0 bridgehead atoms. The van der Waals surface area contributed by atoms with Crippen molar-refractivity contribution in [3.05, 3.63) is 70.8 Å². The second-order valence-corrected chi connectivity index (χ2v) is 7.31. The van der Waals surface area contributed by atoms with Crippen LogP contribution in [0.15, 0.2) is 70.9 Å². The molecule has 0 atom stereocenters. The van der Waals surface area contributed by atoms with Crippen LogP contribution in [0.4, 0.5) is 22.7 Å². The summed E-state index contributed by atoms with van der Waals surface area (Å²) in [6, 6.07) is 13.3. The fourth-order valence-electron chi connectivity index (χ4n) is 2.63. The topological polar surface area (TPSA) is 107 Å². The first-order chi connectivity index (χ1) is 15.3. The molecule has 0 heterocycles. The maximum Gasteiger partial charge on any atom is 0.333 e. The first-order valence-corrected chi connectivity index (χ1v) is 10.2. The van der Waals surface area contributed by atoms with Gasteiger partial charge >= 0.3 is 5.97 Å². The average molecular weight is 441 g/mol. The standard InChI is InChI=1S/C23H28N4O5/c1-17(2)23(28)32-16-14-26(13-15-31-18(3)4)21-9-5-19(6-10-21)24-25-20-7-11-22(12-8-20)27(29)30/h5-12,18H,1,13-16H2,2-4H3/b25-24+. The van der Waals surface area contributed by atoms with Gasteiger partial charge in [0, 0.05) is 29.9 Å². The molecule has 9 heteroatoms. The van der Waals surface area contributed by atoms with Gasteiger partial charge in [-0.05, 0) is 57.2 Å². The molecule has 0 aliphatic heterocycles. The number of esters is 1. The van der Waals surface area contributed by atoms with Crippen molar-refractivity contribution in [1.82, 2.24) is 0 Å². The number of nitro benzene ring substituents is 1. The Morgan fingerprint density at radius 2 is 1.56 bits per heavy atom. The summed E-state index contributed by atoms with van der Waals surface area (Å²) in [4.78, 5) is 23.9. The van der Waals surface area contributed by atoms with Crippen LogP contribution in [0, 0.1) is 10.1 Å². The number of ether oxygens (including phenoxy) is 2. The Bertz CT molecular complexity index is 940. The number of hydrogen-bond acceptors (Lipinski definition) is 8.